The zero-order valence-electron chi connectivity index (χ0n) is 7.57. The molecule has 0 bridgehead atoms. The highest BCUT2D eigenvalue weighted by Crippen LogP contribution is 2.07. The maximum atomic E-state index is 11.2. The molecule has 0 aliphatic rings. The highest BCUT2D eigenvalue weighted by molar-refractivity contribution is 5.88. The van der Waals surface area contributed by atoms with E-state index in [1.807, 2.05) is 0 Å². The molecule has 0 aromatic carbocycles. The van der Waals surface area contributed by atoms with Gasteiger partial charge in [0.15, 0.2) is 5.69 Å². The quantitative estimate of drug-likeness (QED) is 0.486. The number of ether oxygens (including phenoxy) is 1. The molecule has 0 atom stereocenters. The number of methoxy groups -OCH3 is 1. The fourth-order valence-electron chi connectivity index (χ4n) is 1.05. The molecule has 0 radical (unpaired) electrons. The molecular formula is C9H10N2O2. The van der Waals surface area contributed by atoms with E-state index in [1.165, 1.54) is 7.11 Å². The molecule has 0 N–H and O–H groups in total. The lowest BCUT2D eigenvalue weighted by atomic mass is 10.2. The van der Waals surface area contributed by atoms with Gasteiger partial charge in [0.1, 0.15) is 0 Å². The molecule has 68 valence electrons. The van der Waals surface area contributed by atoms with Crippen LogP contribution in [0.3, 0.4) is 0 Å². The molecule has 4 heteroatoms. The molecule has 4 nitrogen and oxygen atoms in total. The molecule has 1 heterocycles. The Labute approximate surface area is 76.5 Å². The maximum Gasteiger partial charge on any atom is 0.358 e. The van der Waals surface area contributed by atoms with Crippen molar-refractivity contribution in [1.82, 2.24) is 9.78 Å². The van der Waals surface area contributed by atoms with Crippen molar-refractivity contribution in [1.29, 1.82) is 0 Å². The molecule has 1 aromatic rings. The summed E-state index contributed by atoms with van der Waals surface area (Å²) in [5.74, 6) is 2.00. The predicted molar refractivity (Wildman–Crippen MR) is 47.1 cm³/mol. The maximum absolute atomic E-state index is 11.2. The molecule has 13 heavy (non-hydrogen) atoms. The summed E-state index contributed by atoms with van der Waals surface area (Å²) in [5.41, 5.74) is 1.01. The summed E-state index contributed by atoms with van der Waals surface area (Å²) in [6.07, 6.45) is 7.24. The van der Waals surface area contributed by atoms with Gasteiger partial charge >= 0.3 is 5.97 Å². The predicted octanol–water partition coefficient (Wildman–Crippen LogP) is 0.382. The van der Waals surface area contributed by atoms with Crippen LogP contribution >= 0.6 is 0 Å². The van der Waals surface area contributed by atoms with E-state index < -0.39 is 5.97 Å². The fraction of sp³-hybridized carbons (Fsp3) is 0.333. The van der Waals surface area contributed by atoms with Crippen LogP contribution in [0.15, 0.2) is 6.20 Å². The Morgan fingerprint density at radius 1 is 1.85 bits per heavy atom. The number of carbonyl (C=O) groups excluding carboxylic acids is 1. The standard InChI is InChI=1S/C9H10N2O2/c1-4-5-7-6-11(2)10-8(7)9(12)13-3/h1,6H,5H2,2-3H3. The van der Waals surface area contributed by atoms with E-state index in [0.29, 0.717) is 12.1 Å². The van der Waals surface area contributed by atoms with E-state index in [0.717, 1.165) is 5.56 Å². The van der Waals surface area contributed by atoms with Gasteiger partial charge in [-0.25, -0.2) is 4.79 Å². The number of nitrogens with zero attached hydrogens (tertiary/aromatic N) is 2. The van der Waals surface area contributed by atoms with Crippen LogP contribution in [0.2, 0.25) is 0 Å². The van der Waals surface area contributed by atoms with Gasteiger partial charge < -0.3 is 4.74 Å². The van der Waals surface area contributed by atoms with E-state index >= 15 is 0 Å². The Bertz CT molecular complexity index is 360. The number of terminal acetylenes is 1. The zero-order chi connectivity index (χ0) is 9.84. The summed E-state index contributed by atoms with van der Waals surface area (Å²) in [7, 11) is 3.04. The molecule has 0 spiro atoms. The molecule has 0 fully saturated rings. The van der Waals surface area contributed by atoms with Crippen molar-refractivity contribution in [2.75, 3.05) is 7.11 Å². The fourth-order valence-corrected chi connectivity index (χ4v) is 1.05. The minimum atomic E-state index is -0.453. The summed E-state index contributed by atoms with van der Waals surface area (Å²) in [6, 6.07) is 0. The van der Waals surface area contributed by atoms with E-state index in [-0.39, 0.29) is 0 Å². The van der Waals surface area contributed by atoms with Gasteiger partial charge in [-0.1, -0.05) is 0 Å². The van der Waals surface area contributed by atoms with Gasteiger partial charge in [-0.05, 0) is 0 Å². The summed E-state index contributed by atoms with van der Waals surface area (Å²) < 4.78 is 6.09. The number of aromatic nitrogens is 2. The van der Waals surface area contributed by atoms with Crippen molar-refractivity contribution < 1.29 is 9.53 Å². The number of carbonyl (C=O) groups is 1. The second-order valence-electron chi connectivity index (χ2n) is 2.55. The van der Waals surface area contributed by atoms with Gasteiger partial charge in [0.05, 0.1) is 7.11 Å². The first-order valence-corrected chi connectivity index (χ1v) is 3.73. The van der Waals surface area contributed by atoms with Crippen molar-refractivity contribution in [3.8, 4) is 12.3 Å². The van der Waals surface area contributed by atoms with E-state index in [1.54, 1.807) is 17.9 Å². The Hall–Kier alpha value is -1.76. The van der Waals surface area contributed by atoms with Crippen LogP contribution in [0, 0.1) is 12.3 Å². The highest BCUT2D eigenvalue weighted by atomic mass is 16.5. The van der Waals surface area contributed by atoms with Crippen molar-refractivity contribution in [3.63, 3.8) is 0 Å². The molecule has 0 saturated carbocycles. The third-order valence-corrected chi connectivity index (χ3v) is 1.58. The van der Waals surface area contributed by atoms with Gasteiger partial charge in [-0.2, -0.15) is 5.10 Å². The lowest BCUT2D eigenvalue weighted by Crippen LogP contribution is -2.05. The monoisotopic (exact) mass is 178 g/mol. The number of aryl methyl sites for hydroxylation is 1. The number of hydrogen-bond acceptors (Lipinski definition) is 3. The summed E-state index contributed by atoms with van der Waals surface area (Å²) in [5, 5.41) is 3.95. The van der Waals surface area contributed by atoms with Crippen molar-refractivity contribution >= 4 is 5.97 Å². The van der Waals surface area contributed by atoms with Crippen LogP contribution in [0.4, 0.5) is 0 Å². The number of rotatable bonds is 2. The highest BCUT2D eigenvalue weighted by Gasteiger charge is 2.15. The number of hydrogen-bond donors (Lipinski definition) is 0. The molecule has 1 aromatic heterocycles. The first-order valence-electron chi connectivity index (χ1n) is 3.73. The molecule has 1 rings (SSSR count). The lowest BCUT2D eigenvalue weighted by molar-refractivity contribution is 0.0592. The second-order valence-corrected chi connectivity index (χ2v) is 2.55. The average molecular weight is 178 g/mol. The van der Waals surface area contributed by atoms with Crippen LogP contribution < -0.4 is 0 Å². The average Bonchev–Trinajstić information content (AvgIpc) is 2.46. The van der Waals surface area contributed by atoms with Crippen molar-refractivity contribution in [2.45, 2.75) is 6.42 Å². The summed E-state index contributed by atoms with van der Waals surface area (Å²) >= 11 is 0. The van der Waals surface area contributed by atoms with Crippen LogP contribution in [0.5, 0.6) is 0 Å². The van der Waals surface area contributed by atoms with Gasteiger partial charge in [0, 0.05) is 25.2 Å². The topological polar surface area (TPSA) is 44.1 Å². The van der Waals surface area contributed by atoms with Crippen molar-refractivity contribution in [3.05, 3.63) is 17.5 Å². The van der Waals surface area contributed by atoms with E-state index in [9.17, 15) is 4.79 Å². The minimum Gasteiger partial charge on any atom is -0.464 e. The third-order valence-electron chi connectivity index (χ3n) is 1.58. The Morgan fingerprint density at radius 3 is 3.08 bits per heavy atom. The van der Waals surface area contributed by atoms with Gasteiger partial charge in [0.2, 0.25) is 0 Å². The largest absolute Gasteiger partial charge is 0.464 e. The van der Waals surface area contributed by atoms with Crippen LogP contribution in [-0.4, -0.2) is 22.9 Å². The Morgan fingerprint density at radius 2 is 2.54 bits per heavy atom. The van der Waals surface area contributed by atoms with E-state index in [4.69, 9.17) is 6.42 Å². The van der Waals surface area contributed by atoms with Crippen LogP contribution in [-0.2, 0) is 18.2 Å². The minimum absolute atomic E-state index is 0.294. The SMILES string of the molecule is C#CCc1cn(C)nc1C(=O)OC. The number of esters is 1. The van der Waals surface area contributed by atoms with Crippen LogP contribution in [0.1, 0.15) is 16.1 Å². The van der Waals surface area contributed by atoms with Crippen LogP contribution in [0.25, 0.3) is 0 Å². The van der Waals surface area contributed by atoms with Gasteiger partial charge in [-0.3, -0.25) is 4.68 Å². The van der Waals surface area contributed by atoms with Crippen molar-refractivity contribution in [2.24, 2.45) is 7.05 Å². The molecule has 0 unspecified atom stereocenters. The molecular weight excluding hydrogens is 168 g/mol. The molecule has 0 saturated heterocycles. The zero-order valence-corrected chi connectivity index (χ0v) is 7.57. The molecule has 0 aliphatic heterocycles. The smallest absolute Gasteiger partial charge is 0.358 e. The normalized spacial score (nSPS) is 9.31. The van der Waals surface area contributed by atoms with Gasteiger partial charge in [0.25, 0.3) is 0 Å². The van der Waals surface area contributed by atoms with Gasteiger partial charge in [-0.15, -0.1) is 12.3 Å². The first-order chi connectivity index (χ1) is 6.19. The third kappa shape index (κ3) is 1.88. The molecule has 0 amide bonds. The molecule has 0 aliphatic carbocycles. The summed E-state index contributed by atoms with van der Waals surface area (Å²) in [6.45, 7) is 0. The lowest BCUT2D eigenvalue weighted by Gasteiger charge is -1.95. The summed E-state index contributed by atoms with van der Waals surface area (Å²) in [4.78, 5) is 11.2. The second kappa shape index (κ2) is 3.76. The Kier molecular flexibility index (Phi) is 2.70. The Balaban J connectivity index is 3.05. The van der Waals surface area contributed by atoms with E-state index in [2.05, 4.69) is 15.8 Å². The first kappa shape index (κ1) is 9.33.